The molecule has 4 saturated carbocycles. The van der Waals surface area contributed by atoms with Gasteiger partial charge in [0, 0.05) is 56.8 Å². The van der Waals surface area contributed by atoms with E-state index in [4.69, 9.17) is 37.9 Å². The number of esters is 6. The zero-order valence-electron chi connectivity index (χ0n) is 36.1. The van der Waals surface area contributed by atoms with E-state index in [0.717, 1.165) is 4.90 Å². The van der Waals surface area contributed by atoms with Crippen LogP contribution in [0, 0.1) is 45.3 Å². The van der Waals surface area contributed by atoms with Gasteiger partial charge < -0.3 is 43.0 Å². The number of ether oxygens (including phenoxy) is 8. The number of methoxy groups -OCH3 is 1. The summed E-state index contributed by atoms with van der Waals surface area (Å²) >= 11 is 1.46. The van der Waals surface area contributed by atoms with Crippen LogP contribution in [-0.4, -0.2) is 108 Å². The van der Waals surface area contributed by atoms with Crippen molar-refractivity contribution in [3.05, 3.63) is 30.3 Å². The maximum absolute atomic E-state index is 14.1. The molecule has 1 N–H and O–H groups in total. The highest BCUT2D eigenvalue weighted by molar-refractivity contribution is 7.99. The van der Waals surface area contributed by atoms with E-state index in [1.165, 1.54) is 53.5 Å². The Kier molecular flexibility index (Phi) is 11.1. The molecule has 0 aromatic heterocycles. The molecular formula is C44H58O15S. The van der Waals surface area contributed by atoms with Crippen LogP contribution in [0.5, 0.6) is 0 Å². The maximum atomic E-state index is 14.1. The molecule has 0 radical (unpaired) electrons. The summed E-state index contributed by atoms with van der Waals surface area (Å²) in [5.74, 6) is -7.07. The van der Waals surface area contributed by atoms with E-state index < -0.39 is 128 Å². The third kappa shape index (κ3) is 6.00. The standard InChI is InChI=1S/C44H58O15S/c1-21-19-43(51)29-17-18-39(8)31(40(29,9)35(57-26(6)48)36(58-27(7)49)41(43,10)44(33(21)59-44)38(50)52-11)30(55-24(4)46)34(56-25(5)47)42(22(2)54-23(3)45)20-53-37(32(39)42)60-28-15-13-12-14-16-28/h12-16,21-22,29-37,51H,17-20H2,1-11H3/t21?,22-,29?,30?,31?,32?,33?,34?,35?,36?,37?,39?,40?,41?,42?,43?,44?/m1/s1. The average Bonchev–Trinajstić information content (AvgIpc) is 3.82. The molecule has 60 heavy (non-hydrogen) atoms. The van der Waals surface area contributed by atoms with Crippen LogP contribution in [0.15, 0.2) is 35.2 Å². The lowest BCUT2D eigenvalue weighted by Gasteiger charge is -2.74. The van der Waals surface area contributed by atoms with Crippen LogP contribution in [0.3, 0.4) is 0 Å². The fourth-order valence-electron chi connectivity index (χ4n) is 13.8. The van der Waals surface area contributed by atoms with E-state index >= 15 is 0 Å². The normalized spacial score (nSPS) is 45.1. The van der Waals surface area contributed by atoms with Gasteiger partial charge >= 0.3 is 35.8 Å². The molecule has 2 aliphatic heterocycles. The summed E-state index contributed by atoms with van der Waals surface area (Å²) in [5, 5.41) is 13.9. The van der Waals surface area contributed by atoms with Gasteiger partial charge in [0.1, 0.15) is 29.9 Å². The molecule has 1 aromatic rings. The van der Waals surface area contributed by atoms with Crippen LogP contribution in [0.25, 0.3) is 0 Å². The fourth-order valence-corrected chi connectivity index (χ4v) is 15.3. The number of hydrogen-bond acceptors (Lipinski definition) is 16. The van der Waals surface area contributed by atoms with E-state index in [-0.39, 0.29) is 25.4 Å². The first-order valence-electron chi connectivity index (χ1n) is 20.7. The van der Waals surface area contributed by atoms with Crippen molar-refractivity contribution in [3.63, 3.8) is 0 Å². The Morgan fingerprint density at radius 2 is 1.40 bits per heavy atom. The molecule has 4 aliphatic carbocycles. The summed E-state index contributed by atoms with van der Waals surface area (Å²) in [6, 6.07) is 9.60. The minimum Gasteiger partial charge on any atom is -0.467 e. The number of hydrogen-bond donors (Lipinski definition) is 1. The average molecular weight is 859 g/mol. The Balaban J connectivity index is 1.55. The number of benzene rings is 1. The number of carbonyl (C=O) groups is 6. The van der Waals surface area contributed by atoms with E-state index in [1.807, 2.05) is 51.1 Å². The Bertz CT molecular complexity index is 1940. The largest absolute Gasteiger partial charge is 0.467 e. The predicted octanol–water partition coefficient (Wildman–Crippen LogP) is 4.57. The maximum Gasteiger partial charge on any atom is 0.341 e. The van der Waals surface area contributed by atoms with Crippen LogP contribution in [0.4, 0.5) is 0 Å². The van der Waals surface area contributed by atoms with Crippen LogP contribution in [0.1, 0.15) is 88.5 Å². The monoisotopic (exact) mass is 858 g/mol. The van der Waals surface area contributed by atoms with E-state index in [0.29, 0.717) is 6.42 Å². The van der Waals surface area contributed by atoms with Crippen molar-refractivity contribution >= 4 is 47.6 Å². The lowest BCUT2D eigenvalue weighted by Crippen LogP contribution is -2.84. The Hall–Kier alpha value is -3.73. The molecule has 16 heteroatoms. The van der Waals surface area contributed by atoms with Crippen molar-refractivity contribution in [2.45, 2.75) is 147 Å². The first-order valence-corrected chi connectivity index (χ1v) is 21.6. The molecule has 0 spiro atoms. The summed E-state index contributed by atoms with van der Waals surface area (Å²) in [7, 11) is 1.22. The number of carbonyl (C=O) groups excluding carboxylic acids is 6. The molecule has 6 aliphatic rings. The van der Waals surface area contributed by atoms with E-state index in [9.17, 15) is 33.9 Å². The van der Waals surface area contributed by atoms with E-state index in [1.54, 1.807) is 13.8 Å². The smallest absolute Gasteiger partial charge is 0.341 e. The third-order valence-corrected chi connectivity index (χ3v) is 16.8. The quantitative estimate of drug-likeness (QED) is 0.206. The zero-order chi connectivity index (χ0) is 44.1. The van der Waals surface area contributed by atoms with E-state index in [2.05, 4.69) is 0 Å². The van der Waals surface area contributed by atoms with Crippen LogP contribution >= 0.6 is 11.8 Å². The molecule has 6 fully saturated rings. The molecule has 7 rings (SSSR count). The van der Waals surface area contributed by atoms with Gasteiger partial charge in [-0.2, -0.15) is 0 Å². The van der Waals surface area contributed by atoms with Gasteiger partial charge in [-0.25, -0.2) is 4.79 Å². The highest BCUT2D eigenvalue weighted by Gasteiger charge is 2.91. The number of epoxide rings is 1. The predicted molar refractivity (Wildman–Crippen MR) is 210 cm³/mol. The SMILES string of the molecule is COC(=O)C12OC1C(C)CC1(O)C3CCC4(C)C(C(OC(C)=O)C(OC(C)=O)C5([C@@H](C)OC(C)=O)COC(Sc6ccccc6)C45)C3(C)C(OC(C)=O)C(OC(C)=O)C12C. The van der Waals surface area contributed by atoms with Crippen molar-refractivity contribution in [2.24, 2.45) is 45.3 Å². The van der Waals surface area contributed by atoms with Gasteiger partial charge in [0.25, 0.3) is 0 Å². The Labute approximate surface area is 354 Å². The summed E-state index contributed by atoms with van der Waals surface area (Å²) < 4.78 is 50.1. The van der Waals surface area contributed by atoms with Crippen LogP contribution in [-0.2, 0) is 66.7 Å². The van der Waals surface area contributed by atoms with Gasteiger partial charge in [0.2, 0.25) is 5.60 Å². The van der Waals surface area contributed by atoms with Crippen molar-refractivity contribution in [3.8, 4) is 0 Å². The molecule has 17 atom stereocenters. The first-order chi connectivity index (χ1) is 28.0. The number of fused-ring (bicyclic) bond motifs is 9. The van der Waals surface area contributed by atoms with Crippen molar-refractivity contribution in [2.75, 3.05) is 13.7 Å². The Morgan fingerprint density at radius 3 is 1.97 bits per heavy atom. The molecule has 15 nitrogen and oxygen atoms in total. The second-order valence-electron chi connectivity index (χ2n) is 18.6. The highest BCUT2D eigenvalue weighted by Crippen LogP contribution is 2.79. The van der Waals surface area contributed by atoms with Crippen molar-refractivity contribution in [1.29, 1.82) is 0 Å². The molecule has 0 amide bonds. The second-order valence-corrected chi connectivity index (χ2v) is 19.8. The van der Waals surface area contributed by atoms with Crippen molar-refractivity contribution < 1.29 is 71.8 Å². The molecular weight excluding hydrogens is 801 g/mol. The van der Waals surface area contributed by atoms with Gasteiger partial charge in [0.15, 0.2) is 12.2 Å². The number of thioether (sulfide) groups is 1. The topological polar surface area (TPSA) is 200 Å². The molecule has 330 valence electrons. The summed E-state index contributed by atoms with van der Waals surface area (Å²) in [6.45, 7) is 15.2. The third-order valence-electron chi connectivity index (χ3n) is 15.6. The summed E-state index contributed by atoms with van der Waals surface area (Å²) in [4.78, 5) is 81.7. The van der Waals surface area contributed by atoms with Crippen molar-refractivity contribution in [1.82, 2.24) is 0 Å². The van der Waals surface area contributed by atoms with Crippen LogP contribution in [0.2, 0.25) is 0 Å². The summed E-state index contributed by atoms with van der Waals surface area (Å²) in [5.41, 5.74) is -9.86. The Morgan fingerprint density at radius 1 is 0.817 bits per heavy atom. The number of rotatable bonds is 9. The highest BCUT2D eigenvalue weighted by atomic mass is 32.2. The van der Waals surface area contributed by atoms with Gasteiger partial charge in [-0.1, -0.05) is 50.7 Å². The van der Waals surface area contributed by atoms with Gasteiger partial charge in [0.05, 0.1) is 30.1 Å². The molecule has 2 saturated heterocycles. The van der Waals surface area contributed by atoms with Crippen LogP contribution < -0.4 is 0 Å². The number of aliphatic hydroxyl groups is 1. The molecule has 16 unspecified atom stereocenters. The lowest BCUT2D eigenvalue weighted by atomic mass is 9.31. The van der Waals surface area contributed by atoms with Gasteiger partial charge in [-0.3, -0.25) is 24.0 Å². The first kappa shape index (κ1) is 44.3. The molecule has 0 bridgehead atoms. The zero-order valence-corrected chi connectivity index (χ0v) is 37.0. The minimum absolute atomic E-state index is 0.0574. The van der Waals surface area contributed by atoms with Gasteiger partial charge in [-0.05, 0) is 62.5 Å². The lowest BCUT2D eigenvalue weighted by molar-refractivity contribution is -0.359. The summed E-state index contributed by atoms with van der Waals surface area (Å²) in [6.07, 6.45) is -6.51. The fraction of sp³-hybridized carbons (Fsp3) is 0.727. The second kappa shape index (κ2) is 15.0. The molecule has 1 aromatic carbocycles. The van der Waals surface area contributed by atoms with Gasteiger partial charge in [-0.15, -0.1) is 0 Å². The minimum atomic E-state index is -1.87. The molecule has 2 heterocycles.